The fourth-order valence-corrected chi connectivity index (χ4v) is 3.99. The van der Waals surface area contributed by atoms with E-state index in [1.165, 1.54) is 17.1 Å². The highest BCUT2D eigenvalue weighted by molar-refractivity contribution is 7.90. The number of amides is 1. The lowest BCUT2D eigenvalue weighted by Crippen LogP contribution is -2.32. The first-order chi connectivity index (χ1) is 17.0. The van der Waals surface area contributed by atoms with E-state index in [4.69, 9.17) is 20.4 Å². The standard InChI is InChI=1S/C16H15F3N6O4S.C2HF3O2/c17-16(18,19)15(23-24-15)10-1-3-11(4-2-10)30(27,28)22-14(26)9-5-21-25(6-9)13-8-29-7-12(13)20;3-2(4,5)1(6)7/h1-6,12-13H,7-8,20H2,(H,22,26);(H,6,7)/t12-,13+;/m1./s1. The van der Waals surface area contributed by atoms with Crippen LogP contribution in [0.4, 0.5) is 26.3 Å². The number of carboxylic acid groups (broad SMARTS) is 1. The minimum Gasteiger partial charge on any atom is -0.475 e. The second kappa shape index (κ2) is 9.71. The number of rotatable bonds is 5. The summed E-state index contributed by atoms with van der Waals surface area (Å²) in [4.78, 5) is 20.8. The molecule has 1 aromatic heterocycles. The summed E-state index contributed by atoms with van der Waals surface area (Å²) in [5.41, 5.74) is 2.88. The Bertz CT molecular complexity index is 1300. The summed E-state index contributed by atoms with van der Waals surface area (Å²) in [6, 6.07) is 3.20. The van der Waals surface area contributed by atoms with Crippen LogP contribution in [-0.4, -0.2) is 66.8 Å². The Labute approximate surface area is 203 Å². The molecule has 19 heteroatoms. The third kappa shape index (κ3) is 6.05. The molecule has 0 saturated carbocycles. The second-order valence-electron chi connectivity index (χ2n) is 7.61. The molecule has 2 aromatic rings. The highest BCUT2D eigenvalue weighted by Gasteiger charge is 2.65. The summed E-state index contributed by atoms with van der Waals surface area (Å²) in [6.07, 6.45) is -7.28. The van der Waals surface area contributed by atoms with Crippen molar-refractivity contribution in [3.05, 3.63) is 47.8 Å². The first-order valence-electron chi connectivity index (χ1n) is 9.84. The lowest BCUT2D eigenvalue weighted by atomic mass is 10.0. The van der Waals surface area contributed by atoms with Crippen molar-refractivity contribution in [2.75, 3.05) is 13.2 Å². The van der Waals surface area contributed by atoms with Crippen LogP contribution in [0.2, 0.25) is 0 Å². The zero-order valence-corrected chi connectivity index (χ0v) is 18.9. The summed E-state index contributed by atoms with van der Waals surface area (Å²) < 4.78 is 104. The number of aliphatic carboxylic acids is 1. The first-order valence-corrected chi connectivity index (χ1v) is 11.3. The third-order valence-corrected chi connectivity index (χ3v) is 6.38. The quantitative estimate of drug-likeness (QED) is 0.464. The molecule has 202 valence electrons. The average molecular weight is 558 g/mol. The normalized spacial score (nSPS) is 20.6. The van der Waals surface area contributed by atoms with Gasteiger partial charge < -0.3 is 15.6 Å². The molecule has 1 saturated heterocycles. The fraction of sp³-hybridized carbons (Fsp3) is 0.389. The first kappa shape index (κ1) is 28.0. The number of halogens is 6. The van der Waals surface area contributed by atoms with Crippen molar-refractivity contribution >= 4 is 21.9 Å². The molecule has 1 aromatic carbocycles. The molecule has 2 atom stereocenters. The zero-order valence-electron chi connectivity index (χ0n) is 18.1. The Kier molecular flexibility index (Phi) is 7.35. The molecule has 2 aliphatic rings. The van der Waals surface area contributed by atoms with Gasteiger partial charge in [-0.1, -0.05) is 12.1 Å². The van der Waals surface area contributed by atoms with Crippen LogP contribution in [0.15, 0.2) is 51.8 Å². The van der Waals surface area contributed by atoms with E-state index < -0.39 is 44.8 Å². The van der Waals surface area contributed by atoms with Gasteiger partial charge in [-0.2, -0.15) is 31.4 Å². The van der Waals surface area contributed by atoms with Gasteiger partial charge >= 0.3 is 24.0 Å². The van der Waals surface area contributed by atoms with Crippen molar-refractivity contribution in [3.63, 3.8) is 0 Å². The van der Waals surface area contributed by atoms with Crippen LogP contribution in [-0.2, 0) is 25.2 Å². The van der Waals surface area contributed by atoms with Crippen LogP contribution >= 0.6 is 0 Å². The molecule has 4 N–H and O–H groups in total. The maximum absolute atomic E-state index is 13.0. The number of hydrogen-bond acceptors (Lipinski definition) is 9. The van der Waals surface area contributed by atoms with E-state index in [2.05, 4.69) is 15.3 Å². The topological polar surface area (TPSA) is 178 Å². The van der Waals surface area contributed by atoms with Crippen molar-refractivity contribution in [2.24, 2.45) is 16.0 Å². The number of sulfonamides is 1. The zero-order chi connectivity index (χ0) is 27.8. The highest BCUT2D eigenvalue weighted by atomic mass is 32.2. The lowest BCUT2D eigenvalue weighted by Gasteiger charge is -2.15. The number of carboxylic acids is 1. The molecule has 0 unspecified atom stereocenters. The number of ether oxygens (including phenoxy) is 1. The van der Waals surface area contributed by atoms with Crippen molar-refractivity contribution in [3.8, 4) is 0 Å². The summed E-state index contributed by atoms with van der Waals surface area (Å²) in [5.74, 6) is -3.70. The van der Waals surface area contributed by atoms with E-state index in [0.29, 0.717) is 13.2 Å². The Balaban J connectivity index is 0.000000479. The smallest absolute Gasteiger partial charge is 0.475 e. The number of alkyl halides is 6. The van der Waals surface area contributed by atoms with Crippen molar-refractivity contribution in [1.82, 2.24) is 14.5 Å². The molecule has 12 nitrogen and oxygen atoms in total. The van der Waals surface area contributed by atoms with Crippen molar-refractivity contribution < 1.29 is 54.2 Å². The molecule has 1 fully saturated rings. The van der Waals surface area contributed by atoms with E-state index in [0.717, 1.165) is 24.3 Å². The van der Waals surface area contributed by atoms with E-state index in [9.17, 15) is 39.6 Å². The number of aromatic nitrogens is 2. The molecule has 0 bridgehead atoms. The Hall–Kier alpha value is -3.58. The summed E-state index contributed by atoms with van der Waals surface area (Å²) in [7, 11) is -4.33. The monoisotopic (exact) mass is 558 g/mol. The Morgan fingerprint density at radius 2 is 1.68 bits per heavy atom. The van der Waals surface area contributed by atoms with Crippen LogP contribution < -0.4 is 10.5 Å². The van der Waals surface area contributed by atoms with E-state index in [1.54, 1.807) is 0 Å². The van der Waals surface area contributed by atoms with Gasteiger partial charge in [0, 0.05) is 11.8 Å². The number of benzene rings is 1. The summed E-state index contributed by atoms with van der Waals surface area (Å²) in [6.45, 7) is 0.652. The fourth-order valence-electron chi connectivity index (χ4n) is 3.02. The number of nitrogens with one attached hydrogen (secondary N) is 1. The number of carbonyl (C=O) groups is 2. The minimum atomic E-state index is -5.08. The number of hydrogen-bond donors (Lipinski definition) is 3. The van der Waals surface area contributed by atoms with E-state index in [-0.39, 0.29) is 23.2 Å². The minimum absolute atomic E-state index is 0.0269. The van der Waals surface area contributed by atoms with Gasteiger partial charge in [0.25, 0.3) is 15.9 Å². The van der Waals surface area contributed by atoms with Gasteiger partial charge in [0.15, 0.2) is 0 Å². The molecular formula is C18H16F6N6O6S. The number of nitrogens with two attached hydrogens (primary N) is 1. The third-order valence-electron chi connectivity index (χ3n) is 5.03. The van der Waals surface area contributed by atoms with Crippen LogP contribution in [0.5, 0.6) is 0 Å². The van der Waals surface area contributed by atoms with Crippen molar-refractivity contribution in [1.29, 1.82) is 0 Å². The largest absolute Gasteiger partial charge is 0.490 e. The Morgan fingerprint density at radius 1 is 1.11 bits per heavy atom. The van der Waals surface area contributed by atoms with Crippen molar-refractivity contribution in [2.45, 2.75) is 35.0 Å². The summed E-state index contributed by atoms with van der Waals surface area (Å²) >= 11 is 0. The van der Waals surface area contributed by atoms with Crippen LogP contribution in [0.1, 0.15) is 22.0 Å². The number of nitrogens with zero attached hydrogens (tertiary/aromatic N) is 4. The summed E-state index contributed by atoms with van der Waals surface area (Å²) in [5, 5.41) is 17.2. The van der Waals surface area contributed by atoms with Gasteiger partial charge in [0.2, 0.25) is 0 Å². The molecule has 0 radical (unpaired) electrons. The molecule has 0 spiro atoms. The second-order valence-corrected chi connectivity index (χ2v) is 9.29. The molecule has 2 aliphatic heterocycles. The van der Waals surface area contributed by atoms with Gasteiger partial charge in [-0.25, -0.2) is 17.9 Å². The van der Waals surface area contributed by atoms with Crippen LogP contribution in [0.3, 0.4) is 0 Å². The van der Waals surface area contributed by atoms with Gasteiger partial charge in [0.1, 0.15) is 0 Å². The molecular weight excluding hydrogens is 542 g/mol. The van der Waals surface area contributed by atoms with E-state index >= 15 is 0 Å². The number of carbonyl (C=O) groups excluding carboxylic acids is 1. The van der Waals surface area contributed by atoms with Crippen LogP contribution in [0.25, 0.3) is 0 Å². The van der Waals surface area contributed by atoms with Gasteiger partial charge in [-0.3, -0.25) is 9.48 Å². The predicted molar refractivity (Wildman–Crippen MR) is 107 cm³/mol. The van der Waals surface area contributed by atoms with Gasteiger partial charge in [-0.05, 0) is 12.1 Å². The Morgan fingerprint density at radius 3 is 2.11 bits per heavy atom. The predicted octanol–water partition coefficient (Wildman–Crippen LogP) is 1.71. The van der Waals surface area contributed by atoms with E-state index in [1.807, 2.05) is 4.72 Å². The molecule has 4 rings (SSSR count). The SMILES string of the molecule is N[C@@H]1COC[C@@H]1n1cc(C(=O)NS(=O)(=O)c2ccc(C3(C(F)(F)F)N=N3)cc2)cn1.O=C(O)C(F)(F)F. The highest BCUT2D eigenvalue weighted by Crippen LogP contribution is 2.52. The maximum atomic E-state index is 13.0. The molecule has 37 heavy (non-hydrogen) atoms. The lowest BCUT2D eigenvalue weighted by molar-refractivity contribution is -0.192. The maximum Gasteiger partial charge on any atom is 0.490 e. The molecule has 3 heterocycles. The molecule has 0 aliphatic carbocycles. The molecule has 1 amide bonds. The van der Waals surface area contributed by atoms with Crippen LogP contribution in [0, 0.1) is 0 Å². The van der Waals surface area contributed by atoms with Gasteiger partial charge in [-0.15, -0.1) is 10.2 Å². The van der Waals surface area contributed by atoms with Gasteiger partial charge in [0.05, 0.1) is 42.0 Å². The average Bonchev–Trinajstić information content (AvgIpc) is 3.29.